The fraction of sp³-hybridized carbons (Fsp3) is 0.250. The van der Waals surface area contributed by atoms with Crippen molar-refractivity contribution in [3.05, 3.63) is 63.7 Å². The number of nitro groups is 1. The molecule has 2 aromatic carbocycles. The van der Waals surface area contributed by atoms with Crippen LogP contribution in [0.2, 0.25) is 5.02 Å². The second kappa shape index (κ2) is 6.99. The van der Waals surface area contributed by atoms with E-state index >= 15 is 0 Å². The normalized spacial score (nSPS) is 16.0. The lowest BCUT2D eigenvalue weighted by Gasteiger charge is -2.35. The van der Waals surface area contributed by atoms with E-state index in [1.54, 1.807) is 6.07 Å². The lowest BCUT2D eigenvalue weighted by atomic mass is 10.2. The Morgan fingerprint density at radius 2 is 1.68 bits per heavy atom. The average Bonchev–Trinajstić information content (AvgIpc) is 2.62. The molecule has 0 radical (unpaired) electrons. The van der Waals surface area contributed by atoms with Crippen LogP contribution in [0.5, 0.6) is 0 Å². The summed E-state index contributed by atoms with van der Waals surface area (Å²) < 4.78 is 26.9. The van der Waals surface area contributed by atoms with Crippen molar-refractivity contribution in [3.63, 3.8) is 0 Å². The second-order valence-electron chi connectivity index (χ2n) is 5.60. The van der Waals surface area contributed by atoms with Crippen LogP contribution in [-0.2, 0) is 10.0 Å². The molecular weight excluding hydrogens is 366 g/mol. The number of benzene rings is 2. The van der Waals surface area contributed by atoms with E-state index in [-0.39, 0.29) is 18.0 Å². The number of anilines is 1. The minimum absolute atomic E-state index is 0.251. The molecule has 1 aliphatic rings. The first-order valence-corrected chi connectivity index (χ1v) is 9.45. The van der Waals surface area contributed by atoms with E-state index in [2.05, 4.69) is 0 Å². The van der Waals surface area contributed by atoms with Crippen LogP contribution in [0.3, 0.4) is 0 Å². The first kappa shape index (κ1) is 17.7. The summed E-state index contributed by atoms with van der Waals surface area (Å²) in [5.74, 6) is 0. The first-order chi connectivity index (χ1) is 11.9. The predicted molar refractivity (Wildman–Crippen MR) is 95.5 cm³/mol. The molecule has 0 saturated carbocycles. The van der Waals surface area contributed by atoms with Gasteiger partial charge in [0.25, 0.3) is 5.69 Å². The molecule has 0 N–H and O–H groups in total. The lowest BCUT2D eigenvalue weighted by molar-refractivity contribution is -0.387. The number of nitro benzene ring substituents is 1. The van der Waals surface area contributed by atoms with E-state index in [1.807, 2.05) is 23.1 Å². The second-order valence-corrected chi connectivity index (χ2v) is 7.94. The van der Waals surface area contributed by atoms with Crippen LogP contribution < -0.4 is 4.90 Å². The van der Waals surface area contributed by atoms with Gasteiger partial charge in [-0.15, -0.1) is 0 Å². The molecule has 132 valence electrons. The number of sulfonamides is 1. The summed E-state index contributed by atoms with van der Waals surface area (Å²) in [7, 11) is -3.91. The number of para-hydroxylation sites is 1. The van der Waals surface area contributed by atoms with Crippen LogP contribution in [-0.4, -0.2) is 43.8 Å². The number of hydrogen-bond donors (Lipinski definition) is 0. The molecule has 7 nitrogen and oxygen atoms in total. The van der Waals surface area contributed by atoms with Crippen LogP contribution in [0.4, 0.5) is 11.4 Å². The molecule has 0 unspecified atom stereocenters. The van der Waals surface area contributed by atoms with Gasteiger partial charge in [-0.2, -0.15) is 4.31 Å². The zero-order valence-electron chi connectivity index (χ0n) is 13.2. The maximum absolute atomic E-state index is 12.8. The quantitative estimate of drug-likeness (QED) is 0.600. The molecule has 25 heavy (non-hydrogen) atoms. The SMILES string of the molecule is O=[N+]([O-])c1ccccc1S(=O)(=O)N1CCN(c2cccc(Cl)c2)CC1. The fourth-order valence-electron chi connectivity index (χ4n) is 2.82. The Morgan fingerprint density at radius 3 is 2.32 bits per heavy atom. The summed E-state index contributed by atoms with van der Waals surface area (Å²) in [5.41, 5.74) is 0.523. The largest absolute Gasteiger partial charge is 0.369 e. The van der Waals surface area contributed by atoms with Crippen molar-refractivity contribution in [2.45, 2.75) is 4.90 Å². The van der Waals surface area contributed by atoms with E-state index in [1.165, 1.54) is 28.6 Å². The van der Waals surface area contributed by atoms with Crippen LogP contribution in [0.15, 0.2) is 53.4 Å². The van der Waals surface area contributed by atoms with Crippen molar-refractivity contribution >= 4 is 33.0 Å². The molecule has 0 amide bonds. The smallest absolute Gasteiger partial charge is 0.289 e. The zero-order chi connectivity index (χ0) is 18.0. The van der Waals surface area contributed by atoms with Crippen molar-refractivity contribution in [1.82, 2.24) is 4.31 Å². The molecule has 2 aromatic rings. The molecule has 0 atom stereocenters. The van der Waals surface area contributed by atoms with Crippen LogP contribution in [0, 0.1) is 10.1 Å². The van der Waals surface area contributed by atoms with Gasteiger partial charge in [-0.05, 0) is 24.3 Å². The van der Waals surface area contributed by atoms with Crippen LogP contribution in [0.25, 0.3) is 0 Å². The van der Waals surface area contributed by atoms with E-state index in [0.717, 1.165) is 5.69 Å². The maximum atomic E-state index is 12.8. The molecule has 0 bridgehead atoms. The molecule has 1 heterocycles. The van der Waals surface area contributed by atoms with Gasteiger partial charge in [-0.1, -0.05) is 29.8 Å². The summed E-state index contributed by atoms with van der Waals surface area (Å²) in [6.45, 7) is 1.47. The summed E-state index contributed by atoms with van der Waals surface area (Å²) >= 11 is 6.00. The first-order valence-electron chi connectivity index (χ1n) is 7.64. The van der Waals surface area contributed by atoms with Gasteiger partial charge in [0.1, 0.15) is 0 Å². The average molecular weight is 382 g/mol. The Balaban J connectivity index is 1.79. The van der Waals surface area contributed by atoms with Gasteiger partial charge in [0, 0.05) is 43.0 Å². The molecule has 9 heteroatoms. The third-order valence-corrected chi connectivity index (χ3v) is 6.27. The third-order valence-electron chi connectivity index (χ3n) is 4.09. The highest BCUT2D eigenvalue weighted by molar-refractivity contribution is 7.89. The molecule has 0 aromatic heterocycles. The van der Waals surface area contributed by atoms with Gasteiger partial charge in [-0.3, -0.25) is 10.1 Å². The van der Waals surface area contributed by atoms with Gasteiger partial charge in [-0.25, -0.2) is 8.42 Å². The highest BCUT2D eigenvalue weighted by Gasteiger charge is 2.33. The Labute approximate surface area is 150 Å². The van der Waals surface area contributed by atoms with Crippen molar-refractivity contribution in [1.29, 1.82) is 0 Å². The summed E-state index contributed by atoms with van der Waals surface area (Å²) in [6.07, 6.45) is 0. The third kappa shape index (κ3) is 3.60. The monoisotopic (exact) mass is 381 g/mol. The van der Waals surface area contributed by atoms with Crippen molar-refractivity contribution in [3.8, 4) is 0 Å². The number of nitrogens with zero attached hydrogens (tertiary/aromatic N) is 3. The molecule has 0 spiro atoms. The maximum Gasteiger partial charge on any atom is 0.289 e. The molecular formula is C16H16ClN3O4S. The molecule has 1 saturated heterocycles. The van der Waals surface area contributed by atoms with Crippen LogP contribution in [0.1, 0.15) is 0 Å². The van der Waals surface area contributed by atoms with Crippen molar-refractivity contribution in [2.24, 2.45) is 0 Å². The number of rotatable bonds is 4. The summed E-state index contributed by atoms with van der Waals surface area (Å²) in [5, 5.41) is 11.7. The summed E-state index contributed by atoms with van der Waals surface area (Å²) in [6, 6.07) is 12.8. The Bertz CT molecular complexity index is 896. The predicted octanol–water partition coefficient (Wildman–Crippen LogP) is 2.76. The van der Waals surface area contributed by atoms with Gasteiger partial charge < -0.3 is 4.90 Å². The van der Waals surface area contributed by atoms with Gasteiger partial charge in [0.2, 0.25) is 10.0 Å². The standard InChI is InChI=1S/C16H16ClN3O4S/c17-13-4-3-5-14(12-13)18-8-10-19(11-9-18)25(23,24)16-7-2-1-6-15(16)20(21)22/h1-7,12H,8-11H2. The van der Waals surface area contributed by atoms with Gasteiger partial charge in [0.05, 0.1) is 4.92 Å². The van der Waals surface area contributed by atoms with Crippen LogP contribution >= 0.6 is 11.6 Å². The summed E-state index contributed by atoms with van der Waals surface area (Å²) in [4.78, 5) is 12.2. The lowest BCUT2D eigenvalue weighted by Crippen LogP contribution is -2.48. The molecule has 1 aliphatic heterocycles. The Kier molecular flexibility index (Phi) is 4.94. The Morgan fingerprint density at radius 1 is 1.00 bits per heavy atom. The number of halogens is 1. The Hall–Kier alpha value is -2.16. The van der Waals surface area contributed by atoms with E-state index in [9.17, 15) is 18.5 Å². The van der Waals surface area contributed by atoms with Crippen molar-refractivity contribution < 1.29 is 13.3 Å². The molecule has 3 rings (SSSR count). The van der Waals surface area contributed by atoms with E-state index in [4.69, 9.17) is 11.6 Å². The van der Waals surface area contributed by atoms with E-state index in [0.29, 0.717) is 18.1 Å². The van der Waals surface area contributed by atoms with E-state index < -0.39 is 20.6 Å². The highest BCUT2D eigenvalue weighted by atomic mass is 35.5. The topological polar surface area (TPSA) is 83.8 Å². The number of piperazine rings is 1. The number of hydrogen-bond acceptors (Lipinski definition) is 5. The molecule has 0 aliphatic carbocycles. The zero-order valence-corrected chi connectivity index (χ0v) is 14.8. The van der Waals surface area contributed by atoms with Crippen molar-refractivity contribution in [2.75, 3.05) is 31.1 Å². The highest BCUT2D eigenvalue weighted by Crippen LogP contribution is 2.28. The minimum Gasteiger partial charge on any atom is -0.369 e. The fourth-order valence-corrected chi connectivity index (χ4v) is 4.59. The minimum atomic E-state index is -3.91. The van der Waals surface area contributed by atoms with Gasteiger partial charge >= 0.3 is 0 Å². The molecule has 1 fully saturated rings. The van der Waals surface area contributed by atoms with Gasteiger partial charge in [0.15, 0.2) is 4.90 Å².